The number of nitrogens with one attached hydrogen (secondary N) is 2. The Balaban J connectivity index is 4.14. The van der Waals surface area contributed by atoms with Crippen LogP contribution in [0.3, 0.4) is 0 Å². The van der Waals surface area contributed by atoms with Crippen molar-refractivity contribution in [2.45, 2.75) is 67.4 Å². The summed E-state index contributed by atoms with van der Waals surface area (Å²) < 4.78 is 11.0. The van der Waals surface area contributed by atoms with Crippen molar-refractivity contribution >= 4 is 12.0 Å². The molecule has 0 atom stereocenters. The van der Waals surface area contributed by atoms with Gasteiger partial charge in [0.25, 0.3) is 0 Å². The molecular weight excluding hydrogens is 308 g/mol. The second kappa shape index (κ2) is 9.25. The number of ether oxygens (including phenoxy) is 2. The zero-order chi connectivity index (χ0) is 19.0. The molecule has 0 heterocycles. The van der Waals surface area contributed by atoms with E-state index in [1.54, 1.807) is 0 Å². The van der Waals surface area contributed by atoms with E-state index in [0.717, 1.165) is 0 Å². The zero-order valence-corrected chi connectivity index (χ0v) is 16.7. The van der Waals surface area contributed by atoms with Crippen LogP contribution in [0, 0.1) is 10.8 Å². The molecule has 0 aliphatic rings. The second-order valence-corrected chi connectivity index (χ2v) is 8.81. The van der Waals surface area contributed by atoms with Crippen LogP contribution in [-0.4, -0.2) is 43.9 Å². The van der Waals surface area contributed by atoms with E-state index in [2.05, 4.69) is 24.5 Å². The lowest BCUT2D eigenvalue weighted by atomic mass is 9.93. The molecular formula is C18H36N2O4. The van der Waals surface area contributed by atoms with Crippen LogP contribution >= 0.6 is 0 Å². The first kappa shape index (κ1) is 22.7. The number of hydrogen-bond acceptors (Lipinski definition) is 4. The molecule has 2 amide bonds. The maximum atomic E-state index is 11.7. The Morgan fingerprint density at radius 3 is 1.71 bits per heavy atom. The molecule has 0 saturated heterocycles. The average molecular weight is 344 g/mol. The van der Waals surface area contributed by atoms with Crippen LogP contribution < -0.4 is 10.6 Å². The van der Waals surface area contributed by atoms with E-state index in [0.29, 0.717) is 32.7 Å². The van der Waals surface area contributed by atoms with Gasteiger partial charge >= 0.3 is 6.09 Å². The average Bonchev–Trinajstić information content (AvgIpc) is 2.40. The summed E-state index contributed by atoms with van der Waals surface area (Å²) in [6.07, 6.45) is 0.0681. The first-order valence-electron chi connectivity index (χ1n) is 8.58. The topological polar surface area (TPSA) is 76.7 Å². The molecule has 6 heteroatoms. The molecule has 0 aromatic carbocycles. The quantitative estimate of drug-likeness (QED) is 0.674. The molecule has 0 rings (SSSR count). The molecule has 6 nitrogen and oxygen atoms in total. The number of alkyl carbamates (subject to hydrolysis) is 1. The fraction of sp³-hybridized carbons (Fsp3) is 0.889. The van der Waals surface area contributed by atoms with Crippen LogP contribution in [0.5, 0.6) is 0 Å². The summed E-state index contributed by atoms with van der Waals surface area (Å²) in [6.45, 7) is 17.6. The Kier molecular flexibility index (Phi) is 8.75. The summed E-state index contributed by atoms with van der Waals surface area (Å²) in [5.74, 6) is 0.0463. The molecule has 0 aromatic heterocycles. The van der Waals surface area contributed by atoms with Crippen molar-refractivity contribution < 1.29 is 19.1 Å². The fourth-order valence-corrected chi connectivity index (χ4v) is 1.79. The van der Waals surface area contributed by atoms with Gasteiger partial charge in [-0.3, -0.25) is 4.79 Å². The minimum atomic E-state index is -0.502. The predicted molar refractivity (Wildman–Crippen MR) is 95.9 cm³/mol. The first-order chi connectivity index (χ1) is 10.8. The lowest BCUT2D eigenvalue weighted by Gasteiger charge is -2.29. The lowest BCUT2D eigenvalue weighted by molar-refractivity contribution is -0.121. The predicted octanol–water partition coefficient (Wildman–Crippen LogP) is 3.11. The van der Waals surface area contributed by atoms with Crippen LogP contribution in [0.25, 0.3) is 0 Å². The van der Waals surface area contributed by atoms with Crippen LogP contribution in [0.15, 0.2) is 0 Å². The molecule has 0 saturated carbocycles. The number of rotatable bonds is 9. The highest BCUT2D eigenvalue weighted by Crippen LogP contribution is 2.19. The van der Waals surface area contributed by atoms with Gasteiger partial charge in [0.15, 0.2) is 0 Å². The summed E-state index contributed by atoms with van der Waals surface area (Å²) in [5, 5.41) is 5.67. The van der Waals surface area contributed by atoms with Crippen molar-refractivity contribution in [3.63, 3.8) is 0 Å². The Bertz CT molecular complexity index is 412. The summed E-state index contributed by atoms with van der Waals surface area (Å²) in [7, 11) is 0. The Morgan fingerprint density at radius 2 is 1.29 bits per heavy atom. The maximum Gasteiger partial charge on any atom is 0.407 e. The number of carbonyl (C=O) groups is 2. The van der Waals surface area contributed by atoms with Gasteiger partial charge in [0.1, 0.15) is 5.60 Å². The molecule has 142 valence electrons. The van der Waals surface area contributed by atoms with Crippen molar-refractivity contribution in [2.24, 2.45) is 10.8 Å². The molecule has 0 unspecified atom stereocenters. The third kappa shape index (κ3) is 12.2. The fourth-order valence-electron chi connectivity index (χ4n) is 1.79. The van der Waals surface area contributed by atoms with Crippen molar-refractivity contribution in [3.8, 4) is 0 Å². The SMILES string of the molecule is CCC(=O)NCC(C)(C)COCC(C)(C)CNC(=O)OC(C)(C)C. The maximum absolute atomic E-state index is 11.7. The molecule has 0 fully saturated rings. The van der Waals surface area contributed by atoms with Gasteiger partial charge in [-0.25, -0.2) is 4.79 Å². The van der Waals surface area contributed by atoms with E-state index in [1.165, 1.54) is 0 Å². The molecule has 0 aromatic rings. The highest BCUT2D eigenvalue weighted by atomic mass is 16.6. The normalized spacial score (nSPS) is 12.7. The molecule has 0 radical (unpaired) electrons. The van der Waals surface area contributed by atoms with Gasteiger partial charge in [-0.2, -0.15) is 0 Å². The van der Waals surface area contributed by atoms with Gasteiger partial charge in [-0.1, -0.05) is 34.6 Å². The van der Waals surface area contributed by atoms with Crippen LogP contribution in [0.4, 0.5) is 4.79 Å². The molecule has 24 heavy (non-hydrogen) atoms. The highest BCUT2D eigenvalue weighted by molar-refractivity contribution is 5.75. The monoisotopic (exact) mass is 344 g/mol. The van der Waals surface area contributed by atoms with E-state index < -0.39 is 11.7 Å². The third-order valence-electron chi connectivity index (χ3n) is 3.18. The molecule has 0 aliphatic carbocycles. The van der Waals surface area contributed by atoms with E-state index in [4.69, 9.17) is 9.47 Å². The summed E-state index contributed by atoms with van der Waals surface area (Å²) in [6, 6.07) is 0. The number of amides is 2. The largest absolute Gasteiger partial charge is 0.444 e. The van der Waals surface area contributed by atoms with Gasteiger partial charge in [0.05, 0.1) is 13.2 Å². The van der Waals surface area contributed by atoms with Gasteiger partial charge in [0, 0.05) is 30.3 Å². The molecule has 0 aliphatic heterocycles. The summed E-state index contributed by atoms with van der Waals surface area (Å²) >= 11 is 0. The molecule has 0 spiro atoms. The summed E-state index contributed by atoms with van der Waals surface area (Å²) in [4.78, 5) is 23.0. The van der Waals surface area contributed by atoms with Gasteiger partial charge in [-0.15, -0.1) is 0 Å². The Labute approximate surface area is 147 Å². The van der Waals surface area contributed by atoms with E-state index in [-0.39, 0.29) is 16.7 Å². The van der Waals surface area contributed by atoms with E-state index >= 15 is 0 Å². The lowest BCUT2D eigenvalue weighted by Crippen LogP contribution is -2.41. The number of carbonyl (C=O) groups excluding carboxylic acids is 2. The van der Waals surface area contributed by atoms with Crippen molar-refractivity contribution in [2.75, 3.05) is 26.3 Å². The standard InChI is InChI=1S/C18H36N2O4/c1-9-14(21)19-10-17(5,6)12-23-13-18(7,8)11-20-15(22)24-16(2,3)4/h9-13H2,1-8H3,(H,19,21)(H,20,22). The van der Waals surface area contributed by atoms with Gasteiger partial charge < -0.3 is 20.1 Å². The van der Waals surface area contributed by atoms with Crippen LogP contribution in [-0.2, 0) is 14.3 Å². The molecule has 0 bridgehead atoms. The zero-order valence-electron chi connectivity index (χ0n) is 16.7. The van der Waals surface area contributed by atoms with Gasteiger partial charge in [0.2, 0.25) is 5.91 Å². The van der Waals surface area contributed by atoms with Gasteiger partial charge in [-0.05, 0) is 20.8 Å². The van der Waals surface area contributed by atoms with Crippen molar-refractivity contribution in [1.29, 1.82) is 0 Å². The second-order valence-electron chi connectivity index (χ2n) is 8.81. The van der Waals surface area contributed by atoms with E-state index in [9.17, 15) is 9.59 Å². The third-order valence-corrected chi connectivity index (χ3v) is 3.18. The summed E-state index contributed by atoms with van der Waals surface area (Å²) in [5.41, 5.74) is -0.850. The van der Waals surface area contributed by atoms with E-state index in [1.807, 2.05) is 41.5 Å². The number of hydrogen-bond donors (Lipinski definition) is 2. The van der Waals surface area contributed by atoms with Crippen molar-refractivity contribution in [3.05, 3.63) is 0 Å². The van der Waals surface area contributed by atoms with Crippen LogP contribution in [0.2, 0.25) is 0 Å². The minimum absolute atomic E-state index is 0.0463. The smallest absolute Gasteiger partial charge is 0.407 e. The minimum Gasteiger partial charge on any atom is -0.444 e. The van der Waals surface area contributed by atoms with Crippen molar-refractivity contribution in [1.82, 2.24) is 10.6 Å². The Morgan fingerprint density at radius 1 is 0.833 bits per heavy atom. The first-order valence-corrected chi connectivity index (χ1v) is 8.58. The highest BCUT2D eigenvalue weighted by Gasteiger charge is 2.24. The van der Waals surface area contributed by atoms with Crippen LogP contribution in [0.1, 0.15) is 61.8 Å². The Hall–Kier alpha value is -1.30. The molecule has 2 N–H and O–H groups in total.